The molecule has 6 heteroatoms. The van der Waals surface area contributed by atoms with E-state index in [0.717, 1.165) is 29.7 Å². The molecular weight excluding hydrogens is 282 g/mol. The highest BCUT2D eigenvalue weighted by Gasteiger charge is 2.41. The Bertz CT molecular complexity index is 708. The molecule has 0 aliphatic carbocycles. The van der Waals surface area contributed by atoms with Gasteiger partial charge in [0.2, 0.25) is 0 Å². The minimum atomic E-state index is -0.453. The third-order valence-corrected chi connectivity index (χ3v) is 4.49. The lowest BCUT2D eigenvalue weighted by Gasteiger charge is -2.37. The minimum Gasteiger partial charge on any atom is -0.347 e. The monoisotopic (exact) mass is 301 g/mol. The zero-order chi connectivity index (χ0) is 15.2. The van der Waals surface area contributed by atoms with Crippen LogP contribution >= 0.6 is 0 Å². The van der Waals surface area contributed by atoms with Crippen LogP contribution < -0.4 is 0 Å². The smallest absolute Gasteiger partial charge is 0.256 e. The van der Waals surface area contributed by atoms with Gasteiger partial charge in [-0.25, -0.2) is 4.98 Å². The van der Waals surface area contributed by atoms with E-state index in [-0.39, 0.29) is 5.91 Å². The average Bonchev–Trinajstić information content (AvgIpc) is 3.13. The fourth-order valence-corrected chi connectivity index (χ4v) is 3.33. The second kappa shape index (κ2) is 5.07. The summed E-state index contributed by atoms with van der Waals surface area (Å²) in [6.07, 6.45) is 1.46. The number of hydrogen-bond acceptors (Lipinski definition) is 4. The first-order valence-electron chi connectivity index (χ1n) is 7.69. The molecule has 0 bridgehead atoms. The molecule has 22 heavy (non-hydrogen) atoms. The van der Waals surface area contributed by atoms with Crippen molar-refractivity contribution in [2.45, 2.75) is 25.6 Å². The van der Waals surface area contributed by atoms with E-state index in [4.69, 9.17) is 9.47 Å². The summed E-state index contributed by atoms with van der Waals surface area (Å²) in [6, 6.07) is 5.68. The van der Waals surface area contributed by atoms with E-state index in [1.54, 1.807) is 0 Å². The number of ether oxygens (including phenoxy) is 2. The number of H-pyrrole nitrogens is 1. The van der Waals surface area contributed by atoms with Gasteiger partial charge in [0, 0.05) is 25.9 Å². The fraction of sp³-hybridized carbons (Fsp3) is 0.500. The van der Waals surface area contributed by atoms with Crippen molar-refractivity contribution < 1.29 is 14.3 Å². The molecule has 0 atom stereocenters. The molecule has 2 aliphatic heterocycles. The van der Waals surface area contributed by atoms with E-state index in [1.165, 1.54) is 0 Å². The highest BCUT2D eigenvalue weighted by atomic mass is 16.7. The van der Waals surface area contributed by atoms with E-state index in [1.807, 2.05) is 30.0 Å². The van der Waals surface area contributed by atoms with Crippen molar-refractivity contribution in [3.8, 4) is 0 Å². The minimum absolute atomic E-state index is 0.0324. The van der Waals surface area contributed by atoms with Gasteiger partial charge < -0.3 is 19.4 Å². The molecular formula is C16H19N3O3. The third-order valence-electron chi connectivity index (χ3n) is 4.49. The van der Waals surface area contributed by atoms with Crippen molar-refractivity contribution in [1.82, 2.24) is 14.9 Å². The van der Waals surface area contributed by atoms with Gasteiger partial charge in [-0.05, 0) is 19.1 Å². The number of aryl methyl sites for hydroxylation is 1. The van der Waals surface area contributed by atoms with Crippen LogP contribution in [0.5, 0.6) is 0 Å². The molecule has 0 radical (unpaired) electrons. The Morgan fingerprint density at radius 2 is 2.00 bits per heavy atom. The Morgan fingerprint density at radius 1 is 1.27 bits per heavy atom. The molecule has 0 saturated carbocycles. The predicted molar refractivity (Wildman–Crippen MR) is 80.6 cm³/mol. The van der Waals surface area contributed by atoms with Crippen LogP contribution in [0.1, 0.15) is 29.0 Å². The van der Waals surface area contributed by atoms with Crippen molar-refractivity contribution in [3.05, 3.63) is 29.6 Å². The van der Waals surface area contributed by atoms with E-state index < -0.39 is 5.79 Å². The topological polar surface area (TPSA) is 67.5 Å². The van der Waals surface area contributed by atoms with Gasteiger partial charge in [-0.1, -0.05) is 6.07 Å². The lowest BCUT2D eigenvalue weighted by atomic mass is 10.0. The number of fused-ring (bicyclic) bond motifs is 1. The molecule has 3 heterocycles. The Hall–Kier alpha value is -1.92. The maximum atomic E-state index is 12.8. The van der Waals surface area contributed by atoms with E-state index in [0.29, 0.717) is 31.9 Å². The van der Waals surface area contributed by atoms with Crippen LogP contribution in [0.3, 0.4) is 0 Å². The van der Waals surface area contributed by atoms with Gasteiger partial charge in [0.1, 0.15) is 11.3 Å². The zero-order valence-electron chi connectivity index (χ0n) is 12.6. The first-order chi connectivity index (χ1) is 10.7. The van der Waals surface area contributed by atoms with Crippen LogP contribution in [-0.4, -0.2) is 52.9 Å². The third kappa shape index (κ3) is 2.19. The van der Waals surface area contributed by atoms with E-state index >= 15 is 0 Å². The molecule has 1 aromatic carbocycles. The molecule has 1 N–H and O–H groups in total. The molecule has 116 valence electrons. The normalized spacial score (nSPS) is 20.9. The van der Waals surface area contributed by atoms with E-state index in [9.17, 15) is 4.79 Å². The molecule has 6 nitrogen and oxygen atoms in total. The lowest BCUT2D eigenvalue weighted by molar-refractivity contribution is -0.181. The second-order valence-electron chi connectivity index (χ2n) is 5.92. The molecule has 2 fully saturated rings. The summed E-state index contributed by atoms with van der Waals surface area (Å²) in [5.41, 5.74) is 2.31. The fourth-order valence-electron chi connectivity index (χ4n) is 3.33. The SMILES string of the molecule is Cc1nc2c(C(=O)N3CCC4(CC3)OCCO4)cccc2[nH]1. The number of nitrogens with zero attached hydrogens (tertiary/aromatic N) is 2. The number of imidazole rings is 1. The second-order valence-corrected chi connectivity index (χ2v) is 5.92. The molecule has 1 spiro atoms. The quantitative estimate of drug-likeness (QED) is 0.873. The van der Waals surface area contributed by atoms with Gasteiger partial charge in [-0.15, -0.1) is 0 Å². The molecule has 2 aromatic rings. The molecule has 1 aromatic heterocycles. The van der Waals surface area contributed by atoms with Gasteiger partial charge >= 0.3 is 0 Å². The Balaban J connectivity index is 1.56. The first kappa shape index (κ1) is 13.7. The maximum absolute atomic E-state index is 12.8. The number of amides is 1. The molecule has 2 aliphatic rings. The Labute approximate surface area is 128 Å². The van der Waals surface area contributed by atoms with Gasteiger partial charge in [-0.3, -0.25) is 4.79 Å². The van der Waals surface area contributed by atoms with Gasteiger partial charge in [-0.2, -0.15) is 0 Å². The number of benzene rings is 1. The van der Waals surface area contributed by atoms with Crippen LogP contribution in [0.2, 0.25) is 0 Å². The predicted octanol–water partition coefficient (Wildman–Crippen LogP) is 1.85. The number of hydrogen-bond donors (Lipinski definition) is 1. The largest absolute Gasteiger partial charge is 0.347 e. The summed E-state index contributed by atoms with van der Waals surface area (Å²) in [6.45, 7) is 4.50. The van der Waals surface area contributed by atoms with Crippen molar-refractivity contribution in [2.75, 3.05) is 26.3 Å². The number of aromatic amines is 1. The zero-order valence-corrected chi connectivity index (χ0v) is 12.6. The number of piperidine rings is 1. The van der Waals surface area contributed by atoms with Crippen molar-refractivity contribution in [3.63, 3.8) is 0 Å². The summed E-state index contributed by atoms with van der Waals surface area (Å²) in [4.78, 5) is 22.3. The van der Waals surface area contributed by atoms with Gasteiger partial charge in [0.15, 0.2) is 5.79 Å². The standard InChI is InChI=1S/C16H19N3O3/c1-11-17-13-4-2-3-12(14(13)18-11)15(20)19-7-5-16(6-8-19)21-9-10-22-16/h2-4H,5-10H2,1H3,(H,17,18). The number of carbonyl (C=O) groups is 1. The molecule has 4 rings (SSSR count). The number of para-hydroxylation sites is 1. The summed E-state index contributed by atoms with van der Waals surface area (Å²) in [7, 11) is 0. The number of likely N-dealkylation sites (tertiary alicyclic amines) is 1. The Kier molecular flexibility index (Phi) is 3.16. The van der Waals surface area contributed by atoms with Crippen LogP contribution in [0.4, 0.5) is 0 Å². The highest BCUT2D eigenvalue weighted by Crippen LogP contribution is 2.32. The van der Waals surface area contributed by atoms with Crippen molar-refractivity contribution in [2.24, 2.45) is 0 Å². The number of carbonyl (C=O) groups excluding carboxylic acids is 1. The van der Waals surface area contributed by atoms with Gasteiger partial charge in [0.05, 0.1) is 24.3 Å². The Morgan fingerprint density at radius 3 is 2.73 bits per heavy atom. The van der Waals surface area contributed by atoms with E-state index in [2.05, 4.69) is 9.97 Å². The summed E-state index contributed by atoms with van der Waals surface area (Å²) in [5.74, 6) is 0.400. The molecule has 1 amide bonds. The number of nitrogens with one attached hydrogen (secondary N) is 1. The van der Waals surface area contributed by atoms with Crippen molar-refractivity contribution >= 4 is 16.9 Å². The highest BCUT2D eigenvalue weighted by molar-refractivity contribution is 6.04. The molecule has 2 saturated heterocycles. The van der Waals surface area contributed by atoms with Crippen LogP contribution in [0, 0.1) is 6.92 Å². The van der Waals surface area contributed by atoms with Crippen LogP contribution in [-0.2, 0) is 9.47 Å². The average molecular weight is 301 g/mol. The molecule has 0 unspecified atom stereocenters. The summed E-state index contributed by atoms with van der Waals surface area (Å²) >= 11 is 0. The number of rotatable bonds is 1. The summed E-state index contributed by atoms with van der Waals surface area (Å²) < 4.78 is 11.4. The number of aromatic nitrogens is 2. The first-order valence-corrected chi connectivity index (χ1v) is 7.69. The lowest BCUT2D eigenvalue weighted by Crippen LogP contribution is -2.47. The van der Waals surface area contributed by atoms with Crippen LogP contribution in [0.15, 0.2) is 18.2 Å². The van der Waals surface area contributed by atoms with Crippen LogP contribution in [0.25, 0.3) is 11.0 Å². The van der Waals surface area contributed by atoms with Crippen molar-refractivity contribution in [1.29, 1.82) is 0 Å². The summed E-state index contributed by atoms with van der Waals surface area (Å²) in [5, 5.41) is 0. The van der Waals surface area contributed by atoms with Gasteiger partial charge in [0.25, 0.3) is 5.91 Å². The maximum Gasteiger partial charge on any atom is 0.256 e.